The highest BCUT2D eigenvalue weighted by molar-refractivity contribution is 5.79. The molecule has 2 N–H and O–H groups in total. The number of ether oxygens (including phenoxy) is 1. The van der Waals surface area contributed by atoms with Crippen molar-refractivity contribution < 1.29 is 4.74 Å². The zero-order chi connectivity index (χ0) is 18.9. The highest BCUT2D eigenvalue weighted by Crippen LogP contribution is 2.26. The number of hydrogen-bond acceptors (Lipinski definition) is 3. The van der Waals surface area contributed by atoms with Crippen LogP contribution in [-0.4, -0.2) is 39.2 Å². The van der Waals surface area contributed by atoms with Crippen molar-refractivity contribution in [3.05, 3.63) is 60.2 Å². The molecule has 3 rings (SSSR count). The molecule has 0 aliphatic carbocycles. The lowest BCUT2D eigenvalue weighted by molar-refractivity contribution is 0.415. The van der Waals surface area contributed by atoms with Crippen LogP contribution >= 0.6 is 0 Å². The minimum absolute atomic E-state index is 0.608. The Morgan fingerprint density at radius 1 is 1.15 bits per heavy atom. The molecule has 5 heteroatoms. The molecular weight excluding hydrogens is 336 g/mol. The average molecular weight is 367 g/mol. The third kappa shape index (κ3) is 5.64. The Kier molecular flexibility index (Phi) is 6.97. The van der Waals surface area contributed by atoms with Gasteiger partial charge in [-0.05, 0) is 37.0 Å². The highest BCUT2D eigenvalue weighted by Gasteiger charge is 2.23. The van der Waals surface area contributed by atoms with Gasteiger partial charge in [0.15, 0.2) is 5.96 Å². The third-order valence-electron chi connectivity index (χ3n) is 4.87. The second-order valence-corrected chi connectivity index (χ2v) is 6.86. The minimum Gasteiger partial charge on any atom is -0.497 e. The number of hydrogen-bond donors (Lipinski definition) is 2. The van der Waals surface area contributed by atoms with Crippen LogP contribution in [0.15, 0.2) is 59.6 Å². The molecule has 144 valence electrons. The van der Waals surface area contributed by atoms with E-state index < -0.39 is 0 Å². The molecule has 1 heterocycles. The number of rotatable bonds is 7. The molecule has 2 aromatic carbocycles. The number of anilines is 1. The predicted octanol–water partition coefficient (Wildman–Crippen LogP) is 3.28. The topological polar surface area (TPSA) is 48.9 Å². The first-order valence-electron chi connectivity index (χ1n) is 9.73. The van der Waals surface area contributed by atoms with Gasteiger partial charge in [-0.3, -0.25) is 0 Å². The molecule has 1 atom stereocenters. The summed E-state index contributed by atoms with van der Waals surface area (Å²) in [7, 11) is 1.72. The van der Waals surface area contributed by atoms with Gasteiger partial charge in [-0.1, -0.05) is 36.4 Å². The number of methoxy groups -OCH3 is 1. The van der Waals surface area contributed by atoms with Gasteiger partial charge in [0.25, 0.3) is 0 Å². The Morgan fingerprint density at radius 3 is 2.78 bits per heavy atom. The molecule has 1 unspecified atom stereocenters. The molecule has 0 saturated carbocycles. The van der Waals surface area contributed by atoms with Crippen molar-refractivity contribution in [3.63, 3.8) is 0 Å². The molecule has 0 aromatic heterocycles. The largest absolute Gasteiger partial charge is 0.497 e. The van der Waals surface area contributed by atoms with Crippen LogP contribution in [0.5, 0.6) is 5.75 Å². The molecule has 1 aliphatic rings. The second-order valence-electron chi connectivity index (χ2n) is 6.86. The van der Waals surface area contributed by atoms with Gasteiger partial charge in [0.05, 0.1) is 13.7 Å². The van der Waals surface area contributed by atoms with Gasteiger partial charge in [-0.2, -0.15) is 0 Å². The molecule has 2 aromatic rings. The first-order valence-corrected chi connectivity index (χ1v) is 9.73. The zero-order valence-corrected chi connectivity index (χ0v) is 16.3. The van der Waals surface area contributed by atoms with E-state index in [2.05, 4.69) is 64.9 Å². The van der Waals surface area contributed by atoms with Crippen molar-refractivity contribution in [2.75, 3.05) is 38.2 Å². The summed E-state index contributed by atoms with van der Waals surface area (Å²) in [5, 5.41) is 6.86. The lowest BCUT2D eigenvalue weighted by Crippen LogP contribution is -2.40. The Hall–Kier alpha value is -2.69. The summed E-state index contributed by atoms with van der Waals surface area (Å²) in [6, 6.07) is 18.7. The van der Waals surface area contributed by atoms with Crippen molar-refractivity contribution in [1.82, 2.24) is 10.6 Å². The maximum atomic E-state index is 5.35. The SMILES string of the molecule is CCNC(=NCc1ccccc1)NCC1CCN(c2cccc(OC)c2)C1. The Bertz CT molecular complexity index is 732. The molecule has 0 amide bonds. The fraction of sp³-hybridized carbons (Fsp3) is 0.409. The summed E-state index contributed by atoms with van der Waals surface area (Å²) in [6.07, 6.45) is 1.18. The van der Waals surface area contributed by atoms with Gasteiger partial charge in [0.1, 0.15) is 5.75 Å². The molecule has 1 aliphatic heterocycles. The monoisotopic (exact) mass is 366 g/mol. The van der Waals surface area contributed by atoms with Gasteiger partial charge in [0.2, 0.25) is 0 Å². The number of aliphatic imine (C=N–C) groups is 1. The summed E-state index contributed by atoms with van der Waals surface area (Å²) in [6.45, 7) is 6.72. The summed E-state index contributed by atoms with van der Waals surface area (Å²) in [4.78, 5) is 7.14. The standard InChI is InChI=1S/C22H30N4O/c1-3-23-22(24-15-18-8-5-4-6-9-18)25-16-19-12-13-26(17-19)20-10-7-11-21(14-20)27-2/h4-11,14,19H,3,12-13,15-17H2,1-2H3,(H2,23,24,25). The van der Waals surface area contributed by atoms with Crippen LogP contribution < -0.4 is 20.3 Å². The van der Waals surface area contributed by atoms with Gasteiger partial charge in [-0.25, -0.2) is 4.99 Å². The normalized spacial score (nSPS) is 17.0. The smallest absolute Gasteiger partial charge is 0.191 e. The highest BCUT2D eigenvalue weighted by atomic mass is 16.5. The quantitative estimate of drug-likeness (QED) is 0.583. The van der Waals surface area contributed by atoms with E-state index in [1.165, 1.54) is 17.7 Å². The Labute approximate surface area is 162 Å². The summed E-state index contributed by atoms with van der Waals surface area (Å²) < 4.78 is 5.35. The lowest BCUT2D eigenvalue weighted by Gasteiger charge is -2.20. The fourth-order valence-electron chi connectivity index (χ4n) is 3.38. The third-order valence-corrected chi connectivity index (χ3v) is 4.87. The van der Waals surface area contributed by atoms with Crippen molar-refractivity contribution in [2.45, 2.75) is 19.9 Å². The van der Waals surface area contributed by atoms with Crippen LogP contribution in [0, 0.1) is 5.92 Å². The summed E-state index contributed by atoms with van der Waals surface area (Å²) in [5.74, 6) is 2.41. The molecule has 1 fully saturated rings. The van der Waals surface area contributed by atoms with E-state index in [4.69, 9.17) is 9.73 Å². The minimum atomic E-state index is 0.608. The van der Waals surface area contributed by atoms with E-state index in [-0.39, 0.29) is 0 Å². The van der Waals surface area contributed by atoms with E-state index in [1.807, 2.05) is 12.1 Å². The molecule has 1 saturated heterocycles. The van der Waals surface area contributed by atoms with E-state index in [0.29, 0.717) is 12.5 Å². The molecule has 0 bridgehead atoms. The van der Waals surface area contributed by atoms with Gasteiger partial charge >= 0.3 is 0 Å². The fourth-order valence-corrected chi connectivity index (χ4v) is 3.38. The van der Waals surface area contributed by atoms with E-state index in [0.717, 1.165) is 37.9 Å². The van der Waals surface area contributed by atoms with Crippen LogP contribution in [0.4, 0.5) is 5.69 Å². The summed E-state index contributed by atoms with van der Waals surface area (Å²) >= 11 is 0. The van der Waals surface area contributed by atoms with E-state index in [1.54, 1.807) is 7.11 Å². The first-order chi connectivity index (χ1) is 13.3. The Balaban J connectivity index is 1.52. The lowest BCUT2D eigenvalue weighted by atomic mass is 10.1. The maximum Gasteiger partial charge on any atom is 0.191 e. The van der Waals surface area contributed by atoms with Crippen molar-refractivity contribution in [2.24, 2.45) is 10.9 Å². The van der Waals surface area contributed by atoms with Crippen LogP contribution in [0.25, 0.3) is 0 Å². The first kappa shape index (κ1) is 19.1. The van der Waals surface area contributed by atoms with Crippen molar-refractivity contribution >= 4 is 11.6 Å². The van der Waals surface area contributed by atoms with Crippen molar-refractivity contribution in [1.29, 1.82) is 0 Å². The van der Waals surface area contributed by atoms with Crippen molar-refractivity contribution in [3.8, 4) is 5.75 Å². The molecule has 5 nitrogen and oxygen atoms in total. The van der Waals surface area contributed by atoms with E-state index in [9.17, 15) is 0 Å². The molecular formula is C22H30N4O. The van der Waals surface area contributed by atoms with Crippen LogP contribution in [0.1, 0.15) is 18.9 Å². The number of nitrogens with zero attached hydrogens (tertiary/aromatic N) is 2. The predicted molar refractivity (Wildman–Crippen MR) is 113 cm³/mol. The van der Waals surface area contributed by atoms with Gasteiger partial charge < -0.3 is 20.3 Å². The van der Waals surface area contributed by atoms with Crippen LogP contribution in [0.2, 0.25) is 0 Å². The maximum absolute atomic E-state index is 5.35. The van der Waals surface area contributed by atoms with Crippen LogP contribution in [-0.2, 0) is 6.54 Å². The number of benzene rings is 2. The van der Waals surface area contributed by atoms with Crippen LogP contribution in [0.3, 0.4) is 0 Å². The van der Waals surface area contributed by atoms with Gasteiger partial charge in [-0.15, -0.1) is 0 Å². The average Bonchev–Trinajstić information content (AvgIpc) is 3.20. The van der Waals surface area contributed by atoms with E-state index >= 15 is 0 Å². The number of guanidine groups is 1. The summed E-state index contributed by atoms with van der Waals surface area (Å²) in [5.41, 5.74) is 2.46. The zero-order valence-electron chi connectivity index (χ0n) is 16.3. The Morgan fingerprint density at radius 2 is 2.00 bits per heavy atom. The second kappa shape index (κ2) is 9.86. The van der Waals surface area contributed by atoms with Gasteiger partial charge in [0, 0.05) is 37.9 Å². The molecule has 0 radical (unpaired) electrons. The molecule has 0 spiro atoms. The number of nitrogens with one attached hydrogen (secondary N) is 2. The molecule has 27 heavy (non-hydrogen) atoms.